The predicted octanol–water partition coefficient (Wildman–Crippen LogP) is 3.92. The molecule has 36 heavy (non-hydrogen) atoms. The highest BCUT2D eigenvalue weighted by atomic mass is 32.2. The number of nitrogens with zero attached hydrogens (tertiary/aromatic N) is 3. The average molecular weight is 518 g/mol. The van der Waals surface area contributed by atoms with E-state index in [4.69, 9.17) is 0 Å². The third-order valence-corrected chi connectivity index (χ3v) is 7.78. The van der Waals surface area contributed by atoms with Gasteiger partial charge in [0.05, 0.1) is 17.3 Å². The molecule has 192 valence electrons. The minimum Gasteiger partial charge on any atom is -0.396 e. The number of hydrogen-bond acceptors (Lipinski definition) is 7. The molecule has 1 aliphatic rings. The zero-order valence-electron chi connectivity index (χ0n) is 20.5. The number of allylic oxidation sites excluding steroid dienone is 1. The maximum atomic E-state index is 14.7. The summed E-state index contributed by atoms with van der Waals surface area (Å²) < 4.78 is 56.8. The van der Waals surface area contributed by atoms with Crippen molar-refractivity contribution in [3.63, 3.8) is 0 Å². The van der Waals surface area contributed by atoms with Crippen molar-refractivity contribution < 1.29 is 22.3 Å². The Balaban J connectivity index is 1.76. The number of aromatic nitrogens is 2. The van der Waals surface area contributed by atoms with Gasteiger partial charge in [0, 0.05) is 29.8 Å². The number of benzene rings is 1. The fraction of sp³-hybridized carbons (Fsp3) is 0.360. The van der Waals surface area contributed by atoms with Crippen molar-refractivity contribution in [3.8, 4) is 0 Å². The third-order valence-electron chi connectivity index (χ3n) is 6.12. The average Bonchev–Trinajstić information content (AvgIpc) is 3.19. The van der Waals surface area contributed by atoms with E-state index in [-0.39, 0.29) is 39.8 Å². The summed E-state index contributed by atoms with van der Waals surface area (Å²) >= 11 is 0. The summed E-state index contributed by atoms with van der Waals surface area (Å²) in [6, 6.07) is 7.26. The number of aryl methyl sites for hydroxylation is 1. The summed E-state index contributed by atoms with van der Waals surface area (Å²) in [4.78, 5) is 8.28. The van der Waals surface area contributed by atoms with Crippen molar-refractivity contribution in [2.24, 2.45) is 10.4 Å². The molecule has 1 aromatic carbocycles. The molecule has 11 heteroatoms. The maximum Gasteiger partial charge on any atom is 0.269 e. The standard InChI is InChI=1S/C25H29F2N5O3S/c1-15-5-7-17(8-6-15)36(34,35)32-14-19(18-11-16(26)12-29-24(18)32)22-28-13-20(27)23(31-22)30-21(9-10-33)25(2,3)4/h5-8,11-14,21-22,30-31,33H,9-10H2,1-4H3. The quantitative estimate of drug-likeness (QED) is 0.439. The fourth-order valence-corrected chi connectivity index (χ4v) is 5.38. The summed E-state index contributed by atoms with van der Waals surface area (Å²) in [5, 5.41) is 15.7. The third kappa shape index (κ3) is 4.98. The second-order valence-corrected chi connectivity index (χ2v) is 11.7. The minimum absolute atomic E-state index is 0.0290. The van der Waals surface area contributed by atoms with Crippen molar-refractivity contribution in [3.05, 3.63) is 71.3 Å². The highest BCUT2D eigenvalue weighted by Crippen LogP contribution is 2.32. The molecule has 0 aliphatic carbocycles. The van der Waals surface area contributed by atoms with Crippen LogP contribution in [0, 0.1) is 18.2 Å². The lowest BCUT2D eigenvalue weighted by molar-refractivity contribution is 0.202. The van der Waals surface area contributed by atoms with Crippen LogP contribution in [0.15, 0.2) is 64.3 Å². The van der Waals surface area contributed by atoms with Crippen molar-refractivity contribution in [1.29, 1.82) is 0 Å². The largest absolute Gasteiger partial charge is 0.396 e. The van der Waals surface area contributed by atoms with Gasteiger partial charge in [-0.15, -0.1) is 0 Å². The lowest BCUT2D eigenvalue weighted by Gasteiger charge is -2.34. The first-order valence-electron chi connectivity index (χ1n) is 11.5. The van der Waals surface area contributed by atoms with Crippen LogP contribution in [0.5, 0.6) is 0 Å². The van der Waals surface area contributed by atoms with Gasteiger partial charge in [-0.25, -0.2) is 26.2 Å². The Morgan fingerprint density at radius 1 is 1.22 bits per heavy atom. The molecule has 0 saturated carbocycles. The van der Waals surface area contributed by atoms with Crippen LogP contribution in [0.3, 0.4) is 0 Å². The first-order valence-corrected chi connectivity index (χ1v) is 12.9. The van der Waals surface area contributed by atoms with E-state index in [1.807, 2.05) is 27.7 Å². The smallest absolute Gasteiger partial charge is 0.269 e. The molecule has 0 bridgehead atoms. The number of hydrogen-bond donors (Lipinski definition) is 3. The molecule has 2 unspecified atom stereocenters. The van der Waals surface area contributed by atoms with Crippen LogP contribution in [0.25, 0.3) is 11.0 Å². The molecule has 0 fully saturated rings. The number of fused-ring (bicyclic) bond motifs is 1. The van der Waals surface area contributed by atoms with Crippen molar-refractivity contribution in [1.82, 2.24) is 19.6 Å². The first-order chi connectivity index (χ1) is 16.9. The predicted molar refractivity (Wildman–Crippen MR) is 134 cm³/mol. The summed E-state index contributed by atoms with van der Waals surface area (Å²) in [5.74, 6) is -1.24. The molecule has 2 atom stereocenters. The Hall–Kier alpha value is -3.31. The Kier molecular flexibility index (Phi) is 6.89. The Bertz CT molecular complexity index is 1440. The molecule has 0 radical (unpaired) electrons. The van der Waals surface area contributed by atoms with Crippen LogP contribution >= 0.6 is 0 Å². The van der Waals surface area contributed by atoms with Gasteiger partial charge in [0.25, 0.3) is 10.0 Å². The molecular weight excluding hydrogens is 488 g/mol. The summed E-state index contributed by atoms with van der Waals surface area (Å²) in [7, 11) is -4.06. The normalized spacial score (nSPS) is 17.4. The second kappa shape index (κ2) is 9.62. The Morgan fingerprint density at radius 3 is 2.56 bits per heavy atom. The zero-order chi connectivity index (χ0) is 26.3. The number of halogens is 2. The molecule has 4 rings (SSSR count). The van der Waals surface area contributed by atoms with E-state index >= 15 is 0 Å². The summed E-state index contributed by atoms with van der Waals surface area (Å²) in [5.41, 5.74) is 0.940. The topological polar surface area (TPSA) is 109 Å². The number of aliphatic hydroxyl groups is 1. The van der Waals surface area contributed by atoms with Gasteiger partial charge < -0.3 is 15.7 Å². The Labute approximate surface area is 208 Å². The van der Waals surface area contributed by atoms with E-state index in [0.29, 0.717) is 12.0 Å². The number of pyridine rings is 1. The van der Waals surface area contributed by atoms with Gasteiger partial charge >= 0.3 is 0 Å². The molecule has 2 aromatic heterocycles. The van der Waals surface area contributed by atoms with Gasteiger partial charge in [-0.3, -0.25) is 4.99 Å². The van der Waals surface area contributed by atoms with Gasteiger partial charge in [-0.2, -0.15) is 0 Å². The van der Waals surface area contributed by atoms with Crippen LogP contribution in [0.4, 0.5) is 8.78 Å². The minimum atomic E-state index is -4.06. The van der Waals surface area contributed by atoms with Gasteiger partial charge in [-0.1, -0.05) is 38.5 Å². The van der Waals surface area contributed by atoms with Crippen LogP contribution in [-0.4, -0.2) is 41.3 Å². The first kappa shape index (κ1) is 25.8. The number of rotatable bonds is 7. The van der Waals surface area contributed by atoms with Crippen molar-refractivity contribution in [2.45, 2.75) is 51.2 Å². The van der Waals surface area contributed by atoms with Gasteiger partial charge in [-0.05, 0) is 37.0 Å². The second-order valence-electron chi connectivity index (χ2n) is 9.85. The van der Waals surface area contributed by atoms with E-state index in [2.05, 4.69) is 20.6 Å². The molecule has 3 aromatic rings. The van der Waals surface area contributed by atoms with Gasteiger partial charge in [0.1, 0.15) is 17.8 Å². The number of aliphatic imine (C=N–C) groups is 1. The van der Waals surface area contributed by atoms with Gasteiger partial charge in [0.15, 0.2) is 11.5 Å². The van der Waals surface area contributed by atoms with E-state index < -0.39 is 27.8 Å². The van der Waals surface area contributed by atoms with E-state index in [0.717, 1.165) is 21.9 Å². The van der Waals surface area contributed by atoms with Crippen LogP contribution < -0.4 is 10.6 Å². The highest BCUT2D eigenvalue weighted by molar-refractivity contribution is 7.90. The highest BCUT2D eigenvalue weighted by Gasteiger charge is 2.30. The van der Waals surface area contributed by atoms with Crippen LogP contribution in [-0.2, 0) is 10.0 Å². The van der Waals surface area contributed by atoms with E-state index in [9.17, 15) is 22.3 Å². The van der Waals surface area contributed by atoms with Crippen molar-refractivity contribution in [2.75, 3.05) is 6.61 Å². The lowest BCUT2D eigenvalue weighted by atomic mass is 9.85. The molecule has 3 heterocycles. The molecule has 0 spiro atoms. The SMILES string of the molecule is Cc1ccc(S(=O)(=O)n2cc(C3N=CC(F)=C(NC(CCO)C(C)(C)C)N3)c3cc(F)cnc32)cc1. The Morgan fingerprint density at radius 2 is 1.92 bits per heavy atom. The molecule has 1 aliphatic heterocycles. The van der Waals surface area contributed by atoms with Crippen molar-refractivity contribution >= 4 is 27.3 Å². The van der Waals surface area contributed by atoms with Crippen LogP contribution in [0.2, 0.25) is 0 Å². The molecule has 0 saturated heterocycles. The molecule has 0 amide bonds. The zero-order valence-corrected chi connectivity index (χ0v) is 21.3. The summed E-state index contributed by atoms with van der Waals surface area (Å²) in [6.45, 7) is 7.65. The maximum absolute atomic E-state index is 14.7. The number of aliphatic hydroxyl groups excluding tert-OH is 1. The molecule has 3 N–H and O–H groups in total. The fourth-order valence-electron chi connectivity index (χ4n) is 4.04. The van der Waals surface area contributed by atoms with Crippen LogP contribution in [0.1, 0.15) is 44.5 Å². The molecule has 8 nitrogen and oxygen atoms in total. The van der Waals surface area contributed by atoms with E-state index in [1.165, 1.54) is 24.4 Å². The number of nitrogens with one attached hydrogen (secondary N) is 2. The molecular formula is C25H29F2N5O3S. The van der Waals surface area contributed by atoms with Gasteiger partial charge in [0.2, 0.25) is 0 Å². The van der Waals surface area contributed by atoms with E-state index in [1.54, 1.807) is 12.1 Å². The summed E-state index contributed by atoms with van der Waals surface area (Å²) in [6.07, 6.45) is 2.78. The lowest BCUT2D eigenvalue weighted by Crippen LogP contribution is -2.45. The monoisotopic (exact) mass is 517 g/mol.